The minimum Gasteiger partial charge on any atom is -0.382 e. The normalized spacial score (nSPS) is 11.9. The van der Waals surface area contributed by atoms with Crippen LogP contribution in [0.3, 0.4) is 0 Å². The quantitative estimate of drug-likeness (QED) is 0.708. The van der Waals surface area contributed by atoms with Crippen molar-refractivity contribution in [3.8, 4) is 0 Å². The van der Waals surface area contributed by atoms with Gasteiger partial charge < -0.3 is 5.73 Å². The van der Waals surface area contributed by atoms with Crippen molar-refractivity contribution in [2.75, 3.05) is 5.73 Å². The predicted octanol–water partition coefficient (Wildman–Crippen LogP) is 1.90. The van der Waals surface area contributed by atoms with Crippen LogP contribution < -0.4 is 5.73 Å². The van der Waals surface area contributed by atoms with Gasteiger partial charge in [-0.05, 0) is 6.07 Å². The standard InChI is InChI=1S/C11H14N4/c1-11(2,3)10-14-6-7-4-5-13-9(12)8(7)15-10/h4-6H,1-3H3,(H2,12,13). The average molecular weight is 202 g/mol. The van der Waals surface area contributed by atoms with E-state index in [2.05, 4.69) is 35.7 Å². The zero-order chi connectivity index (χ0) is 11.1. The van der Waals surface area contributed by atoms with Crippen LogP contribution in [-0.4, -0.2) is 15.0 Å². The number of nitrogens with two attached hydrogens (primary N) is 1. The Kier molecular flexibility index (Phi) is 2.07. The van der Waals surface area contributed by atoms with E-state index >= 15 is 0 Å². The molecule has 0 radical (unpaired) electrons. The maximum Gasteiger partial charge on any atom is 0.150 e. The smallest absolute Gasteiger partial charge is 0.150 e. The van der Waals surface area contributed by atoms with Crippen molar-refractivity contribution in [1.82, 2.24) is 15.0 Å². The fraction of sp³-hybridized carbons (Fsp3) is 0.364. The third-order valence-electron chi connectivity index (χ3n) is 2.20. The van der Waals surface area contributed by atoms with Crippen molar-refractivity contribution in [1.29, 1.82) is 0 Å². The van der Waals surface area contributed by atoms with Crippen molar-refractivity contribution >= 4 is 16.7 Å². The van der Waals surface area contributed by atoms with Gasteiger partial charge in [-0.1, -0.05) is 20.8 Å². The fourth-order valence-electron chi connectivity index (χ4n) is 1.34. The maximum absolute atomic E-state index is 5.77. The number of nitrogens with zero attached hydrogens (tertiary/aromatic N) is 3. The summed E-state index contributed by atoms with van der Waals surface area (Å²) in [6.07, 6.45) is 3.46. The molecule has 15 heavy (non-hydrogen) atoms. The molecule has 78 valence electrons. The molecule has 2 aromatic rings. The van der Waals surface area contributed by atoms with Crippen LogP contribution in [0.25, 0.3) is 10.9 Å². The molecule has 2 heterocycles. The zero-order valence-corrected chi connectivity index (χ0v) is 9.15. The van der Waals surface area contributed by atoms with E-state index in [1.54, 1.807) is 12.4 Å². The molecule has 0 aliphatic heterocycles. The Morgan fingerprint density at radius 3 is 2.60 bits per heavy atom. The highest BCUT2D eigenvalue weighted by Gasteiger charge is 2.17. The van der Waals surface area contributed by atoms with Crippen molar-refractivity contribution in [2.45, 2.75) is 26.2 Å². The van der Waals surface area contributed by atoms with E-state index in [1.165, 1.54) is 0 Å². The molecule has 4 nitrogen and oxygen atoms in total. The van der Waals surface area contributed by atoms with E-state index in [4.69, 9.17) is 5.73 Å². The molecule has 2 rings (SSSR count). The summed E-state index contributed by atoms with van der Waals surface area (Å²) in [6.45, 7) is 6.21. The largest absolute Gasteiger partial charge is 0.382 e. The highest BCUT2D eigenvalue weighted by atomic mass is 14.9. The Bertz CT molecular complexity index is 499. The highest BCUT2D eigenvalue weighted by molar-refractivity contribution is 5.86. The lowest BCUT2D eigenvalue weighted by molar-refractivity contribution is 0.548. The van der Waals surface area contributed by atoms with Gasteiger partial charge in [0.25, 0.3) is 0 Å². The number of pyridine rings is 1. The number of hydrogen-bond donors (Lipinski definition) is 1. The summed E-state index contributed by atoms with van der Waals surface area (Å²) in [5.41, 5.74) is 6.43. The van der Waals surface area contributed by atoms with Crippen LogP contribution in [0.4, 0.5) is 5.82 Å². The molecule has 0 fully saturated rings. The average Bonchev–Trinajstić information content (AvgIpc) is 2.16. The van der Waals surface area contributed by atoms with E-state index in [0.29, 0.717) is 5.82 Å². The molecule has 0 atom stereocenters. The van der Waals surface area contributed by atoms with Gasteiger partial charge in [0.15, 0.2) is 0 Å². The molecule has 2 N–H and O–H groups in total. The van der Waals surface area contributed by atoms with Gasteiger partial charge in [-0.2, -0.15) is 0 Å². The van der Waals surface area contributed by atoms with Gasteiger partial charge in [0.1, 0.15) is 17.2 Å². The molecule has 0 saturated heterocycles. The van der Waals surface area contributed by atoms with E-state index in [1.807, 2.05) is 6.07 Å². The Labute approximate surface area is 88.6 Å². The molecule has 4 heteroatoms. The zero-order valence-electron chi connectivity index (χ0n) is 9.15. The number of rotatable bonds is 0. The minimum absolute atomic E-state index is 0.0729. The summed E-state index contributed by atoms with van der Waals surface area (Å²) in [6, 6.07) is 1.86. The molecule has 0 aliphatic rings. The summed E-state index contributed by atoms with van der Waals surface area (Å²) in [7, 11) is 0. The third-order valence-corrected chi connectivity index (χ3v) is 2.20. The van der Waals surface area contributed by atoms with E-state index in [9.17, 15) is 0 Å². The van der Waals surface area contributed by atoms with Gasteiger partial charge >= 0.3 is 0 Å². The van der Waals surface area contributed by atoms with E-state index in [0.717, 1.165) is 16.7 Å². The second kappa shape index (κ2) is 3.15. The number of anilines is 1. The summed E-state index contributed by atoms with van der Waals surface area (Å²) < 4.78 is 0. The Morgan fingerprint density at radius 1 is 1.20 bits per heavy atom. The summed E-state index contributed by atoms with van der Waals surface area (Å²) in [5.74, 6) is 1.25. The molecule has 2 aromatic heterocycles. The van der Waals surface area contributed by atoms with Gasteiger partial charge in [0, 0.05) is 23.2 Å². The van der Waals surface area contributed by atoms with Crippen molar-refractivity contribution in [2.24, 2.45) is 0 Å². The Morgan fingerprint density at radius 2 is 1.93 bits per heavy atom. The second-order valence-corrected chi connectivity index (χ2v) is 4.58. The first-order valence-corrected chi connectivity index (χ1v) is 4.86. The second-order valence-electron chi connectivity index (χ2n) is 4.58. The molecule has 0 unspecified atom stereocenters. The van der Waals surface area contributed by atoms with Gasteiger partial charge in [0.05, 0.1) is 0 Å². The fourth-order valence-corrected chi connectivity index (χ4v) is 1.34. The van der Waals surface area contributed by atoms with Crippen LogP contribution in [0.5, 0.6) is 0 Å². The molecule has 0 amide bonds. The SMILES string of the molecule is CC(C)(C)c1ncc2ccnc(N)c2n1. The van der Waals surface area contributed by atoms with Gasteiger partial charge in [0.2, 0.25) is 0 Å². The van der Waals surface area contributed by atoms with Crippen molar-refractivity contribution in [3.63, 3.8) is 0 Å². The van der Waals surface area contributed by atoms with E-state index < -0.39 is 0 Å². The summed E-state index contributed by atoms with van der Waals surface area (Å²) in [5, 5.41) is 0.926. The Hall–Kier alpha value is -1.71. The number of aromatic nitrogens is 3. The first-order chi connectivity index (χ1) is 6.98. The summed E-state index contributed by atoms with van der Waals surface area (Å²) >= 11 is 0. The van der Waals surface area contributed by atoms with Crippen LogP contribution in [0, 0.1) is 0 Å². The number of hydrogen-bond acceptors (Lipinski definition) is 4. The minimum atomic E-state index is -0.0729. The predicted molar refractivity (Wildman–Crippen MR) is 60.4 cm³/mol. The van der Waals surface area contributed by atoms with Crippen LogP contribution in [0.1, 0.15) is 26.6 Å². The van der Waals surface area contributed by atoms with Crippen molar-refractivity contribution in [3.05, 3.63) is 24.3 Å². The molecular formula is C11H14N4. The molecule has 0 spiro atoms. The first kappa shape index (κ1) is 9.83. The molecule has 0 bridgehead atoms. The van der Waals surface area contributed by atoms with E-state index in [-0.39, 0.29) is 5.41 Å². The molecule has 0 aliphatic carbocycles. The van der Waals surface area contributed by atoms with Gasteiger partial charge in [-0.15, -0.1) is 0 Å². The highest BCUT2D eigenvalue weighted by Crippen LogP contribution is 2.22. The lowest BCUT2D eigenvalue weighted by atomic mass is 9.95. The molecule has 0 aromatic carbocycles. The first-order valence-electron chi connectivity index (χ1n) is 4.86. The molecule has 0 saturated carbocycles. The monoisotopic (exact) mass is 202 g/mol. The lowest BCUT2D eigenvalue weighted by Gasteiger charge is -2.16. The van der Waals surface area contributed by atoms with Gasteiger partial charge in [-0.25, -0.2) is 15.0 Å². The van der Waals surface area contributed by atoms with Crippen LogP contribution >= 0.6 is 0 Å². The number of nitrogen functional groups attached to an aromatic ring is 1. The maximum atomic E-state index is 5.77. The number of fused-ring (bicyclic) bond motifs is 1. The third kappa shape index (κ3) is 1.75. The summed E-state index contributed by atoms with van der Waals surface area (Å²) in [4.78, 5) is 12.8. The van der Waals surface area contributed by atoms with Crippen LogP contribution in [0.2, 0.25) is 0 Å². The molecular weight excluding hydrogens is 188 g/mol. The lowest BCUT2D eigenvalue weighted by Crippen LogP contribution is -2.16. The van der Waals surface area contributed by atoms with Gasteiger partial charge in [-0.3, -0.25) is 0 Å². The topological polar surface area (TPSA) is 64.7 Å². The van der Waals surface area contributed by atoms with Crippen LogP contribution in [-0.2, 0) is 5.41 Å². The Balaban J connectivity index is 2.70. The van der Waals surface area contributed by atoms with Crippen LogP contribution in [0.15, 0.2) is 18.5 Å². The van der Waals surface area contributed by atoms with Crippen molar-refractivity contribution < 1.29 is 0 Å².